The van der Waals surface area contributed by atoms with Crippen LogP contribution in [0.4, 0.5) is 4.79 Å². The Kier molecular flexibility index (Phi) is 3.02. The van der Waals surface area contributed by atoms with E-state index in [0.29, 0.717) is 12.8 Å². The maximum atomic E-state index is 11.2. The number of carboxylic acid groups (broad SMARTS) is 2. The van der Waals surface area contributed by atoms with Gasteiger partial charge in [-0.25, -0.2) is 4.79 Å². The Labute approximate surface area is 88.0 Å². The Hall–Kier alpha value is -1.52. The third-order valence-corrected chi connectivity index (χ3v) is 2.72. The number of nitrogens with zero attached hydrogens (tertiary/aromatic N) is 1. The zero-order chi connectivity index (χ0) is 11.6. The highest BCUT2D eigenvalue weighted by Crippen LogP contribution is 2.36. The zero-order valence-corrected chi connectivity index (χ0v) is 8.69. The number of carbonyl (C=O) groups is 2. The second-order valence-electron chi connectivity index (χ2n) is 4.17. The molecule has 5 heteroatoms. The fourth-order valence-corrected chi connectivity index (χ4v) is 2.01. The fraction of sp³-hybridized carbons (Fsp3) is 0.600. The van der Waals surface area contributed by atoms with Crippen LogP contribution in [0.3, 0.4) is 0 Å². The standard InChI is InChI=1S/C10H15NO4/c1-7(2)5-10(8(12)13)3-4-11(6-10)9(14)15/h1,3-6H2,2H3,(H,12,13)(H,14,15). The van der Waals surface area contributed by atoms with Crippen molar-refractivity contribution in [1.29, 1.82) is 0 Å². The molecule has 5 nitrogen and oxygen atoms in total. The Morgan fingerprint density at radius 2 is 2.07 bits per heavy atom. The zero-order valence-electron chi connectivity index (χ0n) is 8.69. The van der Waals surface area contributed by atoms with Gasteiger partial charge in [0.05, 0.1) is 5.41 Å². The normalized spacial score (nSPS) is 25.3. The van der Waals surface area contributed by atoms with Crippen LogP contribution in [0.25, 0.3) is 0 Å². The van der Waals surface area contributed by atoms with Crippen molar-refractivity contribution < 1.29 is 19.8 Å². The number of likely N-dealkylation sites (tertiary alicyclic amines) is 1. The number of allylic oxidation sites excluding steroid dienone is 1. The van der Waals surface area contributed by atoms with Gasteiger partial charge in [-0.2, -0.15) is 0 Å². The van der Waals surface area contributed by atoms with E-state index in [1.54, 1.807) is 6.92 Å². The molecule has 0 saturated carbocycles. The van der Waals surface area contributed by atoms with E-state index < -0.39 is 17.5 Å². The summed E-state index contributed by atoms with van der Waals surface area (Å²) in [6, 6.07) is 0. The first-order valence-corrected chi connectivity index (χ1v) is 4.73. The van der Waals surface area contributed by atoms with Gasteiger partial charge in [0.15, 0.2) is 0 Å². The van der Waals surface area contributed by atoms with Crippen molar-refractivity contribution in [2.45, 2.75) is 19.8 Å². The topological polar surface area (TPSA) is 77.8 Å². The molecule has 1 saturated heterocycles. The molecule has 0 aromatic carbocycles. The molecule has 1 fully saturated rings. The van der Waals surface area contributed by atoms with Gasteiger partial charge in [-0.15, -0.1) is 6.58 Å². The van der Waals surface area contributed by atoms with E-state index in [4.69, 9.17) is 10.2 Å². The van der Waals surface area contributed by atoms with Gasteiger partial charge in [-0.05, 0) is 19.8 Å². The van der Waals surface area contributed by atoms with Crippen molar-refractivity contribution in [2.75, 3.05) is 13.1 Å². The summed E-state index contributed by atoms with van der Waals surface area (Å²) in [6.45, 7) is 5.79. The van der Waals surface area contributed by atoms with Crippen molar-refractivity contribution in [3.8, 4) is 0 Å². The Morgan fingerprint density at radius 3 is 2.40 bits per heavy atom. The number of amides is 1. The molecular formula is C10H15NO4. The number of rotatable bonds is 3. The molecule has 0 radical (unpaired) electrons. The SMILES string of the molecule is C=C(C)CC1(C(=O)O)CCN(C(=O)O)C1. The van der Waals surface area contributed by atoms with Crippen molar-refractivity contribution >= 4 is 12.1 Å². The van der Waals surface area contributed by atoms with Crippen LogP contribution in [0.15, 0.2) is 12.2 Å². The van der Waals surface area contributed by atoms with Crippen LogP contribution in [0.2, 0.25) is 0 Å². The second-order valence-corrected chi connectivity index (χ2v) is 4.17. The lowest BCUT2D eigenvalue weighted by molar-refractivity contribution is -0.148. The highest BCUT2D eigenvalue weighted by Gasteiger charge is 2.46. The first-order chi connectivity index (χ1) is 6.87. The maximum absolute atomic E-state index is 11.2. The molecule has 15 heavy (non-hydrogen) atoms. The third-order valence-electron chi connectivity index (χ3n) is 2.72. The molecule has 1 unspecified atom stereocenters. The van der Waals surface area contributed by atoms with E-state index in [2.05, 4.69) is 6.58 Å². The minimum absolute atomic E-state index is 0.0600. The Bertz CT molecular complexity index is 313. The summed E-state index contributed by atoms with van der Waals surface area (Å²) >= 11 is 0. The first-order valence-electron chi connectivity index (χ1n) is 4.73. The molecule has 84 valence electrons. The van der Waals surface area contributed by atoms with Crippen LogP contribution < -0.4 is 0 Å². The minimum atomic E-state index is -1.06. The molecule has 1 rings (SSSR count). The number of carboxylic acids is 1. The number of hydrogen-bond donors (Lipinski definition) is 2. The molecule has 1 aliphatic rings. The molecule has 0 aliphatic carbocycles. The van der Waals surface area contributed by atoms with Crippen LogP contribution in [-0.4, -0.2) is 40.3 Å². The molecule has 1 atom stereocenters. The van der Waals surface area contributed by atoms with E-state index in [1.165, 1.54) is 0 Å². The molecule has 1 heterocycles. The van der Waals surface area contributed by atoms with Gasteiger partial charge in [0.1, 0.15) is 0 Å². The summed E-state index contributed by atoms with van der Waals surface area (Å²) in [4.78, 5) is 23.0. The third kappa shape index (κ3) is 2.29. The molecule has 0 bridgehead atoms. The largest absolute Gasteiger partial charge is 0.481 e. The minimum Gasteiger partial charge on any atom is -0.481 e. The lowest BCUT2D eigenvalue weighted by Gasteiger charge is -2.23. The monoisotopic (exact) mass is 213 g/mol. The lowest BCUT2D eigenvalue weighted by Crippen LogP contribution is -2.36. The summed E-state index contributed by atoms with van der Waals surface area (Å²) in [7, 11) is 0. The van der Waals surface area contributed by atoms with Gasteiger partial charge in [0.25, 0.3) is 0 Å². The lowest BCUT2D eigenvalue weighted by atomic mass is 9.81. The maximum Gasteiger partial charge on any atom is 0.407 e. The molecule has 0 spiro atoms. The highest BCUT2D eigenvalue weighted by molar-refractivity contribution is 5.77. The van der Waals surface area contributed by atoms with Gasteiger partial charge >= 0.3 is 12.1 Å². The van der Waals surface area contributed by atoms with Crippen molar-refractivity contribution in [2.24, 2.45) is 5.41 Å². The van der Waals surface area contributed by atoms with Gasteiger partial charge in [-0.1, -0.05) is 5.57 Å². The van der Waals surface area contributed by atoms with Crippen molar-refractivity contribution in [1.82, 2.24) is 4.90 Å². The van der Waals surface area contributed by atoms with E-state index in [-0.39, 0.29) is 13.1 Å². The van der Waals surface area contributed by atoms with Crippen molar-refractivity contribution in [3.63, 3.8) is 0 Å². The summed E-state index contributed by atoms with van der Waals surface area (Å²) < 4.78 is 0. The fourth-order valence-electron chi connectivity index (χ4n) is 2.01. The summed E-state index contributed by atoms with van der Waals surface area (Å²) in [5, 5.41) is 17.9. The summed E-state index contributed by atoms with van der Waals surface area (Å²) in [6.07, 6.45) is -0.354. The van der Waals surface area contributed by atoms with Gasteiger partial charge in [0.2, 0.25) is 0 Å². The van der Waals surface area contributed by atoms with Gasteiger partial charge in [0, 0.05) is 13.1 Å². The summed E-state index contributed by atoms with van der Waals surface area (Å²) in [5.41, 5.74) is -0.200. The molecule has 0 aromatic rings. The predicted octanol–water partition coefficient (Wildman–Crippen LogP) is 1.41. The molecular weight excluding hydrogens is 198 g/mol. The molecule has 1 amide bonds. The van der Waals surface area contributed by atoms with Crippen LogP contribution in [0.1, 0.15) is 19.8 Å². The molecule has 1 aliphatic heterocycles. The van der Waals surface area contributed by atoms with Crippen molar-refractivity contribution in [3.05, 3.63) is 12.2 Å². The average Bonchev–Trinajstić information content (AvgIpc) is 2.48. The highest BCUT2D eigenvalue weighted by atomic mass is 16.4. The van der Waals surface area contributed by atoms with E-state index in [9.17, 15) is 9.59 Å². The van der Waals surface area contributed by atoms with Crippen LogP contribution in [0, 0.1) is 5.41 Å². The Balaban J connectivity index is 2.82. The smallest absolute Gasteiger partial charge is 0.407 e. The van der Waals surface area contributed by atoms with E-state index >= 15 is 0 Å². The average molecular weight is 213 g/mol. The first kappa shape index (κ1) is 11.6. The van der Waals surface area contributed by atoms with Crippen LogP contribution >= 0.6 is 0 Å². The second kappa shape index (κ2) is 3.92. The van der Waals surface area contributed by atoms with Crippen LogP contribution in [-0.2, 0) is 4.79 Å². The van der Waals surface area contributed by atoms with Gasteiger partial charge < -0.3 is 15.1 Å². The Morgan fingerprint density at radius 1 is 1.47 bits per heavy atom. The molecule has 2 N–H and O–H groups in total. The number of aliphatic carboxylic acids is 1. The van der Waals surface area contributed by atoms with Gasteiger partial charge in [-0.3, -0.25) is 4.79 Å². The summed E-state index contributed by atoms with van der Waals surface area (Å²) in [5.74, 6) is -0.936. The molecule has 0 aromatic heterocycles. The quantitative estimate of drug-likeness (QED) is 0.695. The van der Waals surface area contributed by atoms with E-state index in [0.717, 1.165) is 10.5 Å². The predicted molar refractivity (Wildman–Crippen MR) is 53.7 cm³/mol. The van der Waals surface area contributed by atoms with E-state index in [1.807, 2.05) is 0 Å². The van der Waals surface area contributed by atoms with Crippen LogP contribution in [0.5, 0.6) is 0 Å². The number of hydrogen-bond acceptors (Lipinski definition) is 2.